The molecule has 1 aliphatic heterocycles. The summed E-state index contributed by atoms with van der Waals surface area (Å²) in [5.74, 6) is 0.199. The molecule has 3 heteroatoms. The lowest BCUT2D eigenvalue weighted by Crippen LogP contribution is -2.32. The van der Waals surface area contributed by atoms with Crippen molar-refractivity contribution in [3.05, 3.63) is 29.3 Å². The predicted molar refractivity (Wildman–Crippen MR) is 68.4 cm³/mol. The number of rotatable bonds is 3. The predicted octanol–water partition coefficient (Wildman–Crippen LogP) is 2.28. The first-order valence-corrected chi connectivity index (χ1v) is 6.47. The minimum absolute atomic E-state index is 0.199. The van der Waals surface area contributed by atoms with E-state index in [4.69, 9.17) is 0 Å². The van der Waals surface area contributed by atoms with E-state index in [1.165, 1.54) is 24.1 Å². The molecule has 0 bridgehead atoms. The number of amides is 1. The van der Waals surface area contributed by atoms with Crippen LogP contribution in [0.5, 0.6) is 0 Å². The van der Waals surface area contributed by atoms with Gasteiger partial charge in [-0.25, -0.2) is 0 Å². The number of fused-ring (bicyclic) bond motifs is 1. The summed E-state index contributed by atoms with van der Waals surface area (Å²) >= 11 is 0. The van der Waals surface area contributed by atoms with E-state index < -0.39 is 0 Å². The number of carbonyl (C=O) groups excluding carboxylic acids is 1. The van der Waals surface area contributed by atoms with Crippen LogP contribution >= 0.6 is 0 Å². The minimum Gasteiger partial charge on any atom is -0.384 e. The highest BCUT2D eigenvalue weighted by Gasteiger charge is 2.32. The van der Waals surface area contributed by atoms with Gasteiger partial charge >= 0.3 is 0 Å². The van der Waals surface area contributed by atoms with Gasteiger partial charge in [0, 0.05) is 30.4 Å². The summed E-state index contributed by atoms with van der Waals surface area (Å²) < 4.78 is 0. The lowest BCUT2D eigenvalue weighted by Gasteiger charge is -2.20. The van der Waals surface area contributed by atoms with Crippen molar-refractivity contribution in [2.24, 2.45) is 0 Å². The number of benzene rings is 1. The van der Waals surface area contributed by atoms with Crippen LogP contribution in [-0.2, 0) is 6.42 Å². The summed E-state index contributed by atoms with van der Waals surface area (Å²) in [6, 6.07) is 6.54. The molecule has 0 spiro atoms. The molecule has 1 aromatic rings. The molecule has 90 valence electrons. The van der Waals surface area contributed by atoms with Crippen molar-refractivity contribution in [2.75, 3.05) is 18.4 Å². The molecule has 1 fully saturated rings. The lowest BCUT2D eigenvalue weighted by molar-refractivity contribution is 0.0752. The van der Waals surface area contributed by atoms with Crippen molar-refractivity contribution in [3.63, 3.8) is 0 Å². The van der Waals surface area contributed by atoms with Gasteiger partial charge < -0.3 is 10.2 Å². The molecule has 0 radical (unpaired) electrons. The van der Waals surface area contributed by atoms with Gasteiger partial charge in [0.05, 0.1) is 0 Å². The van der Waals surface area contributed by atoms with E-state index in [1.807, 2.05) is 17.0 Å². The number of nitrogens with one attached hydrogen (secondary N) is 1. The number of anilines is 1. The number of hydrogen-bond acceptors (Lipinski definition) is 2. The highest BCUT2D eigenvalue weighted by molar-refractivity contribution is 5.95. The van der Waals surface area contributed by atoms with Crippen molar-refractivity contribution in [1.29, 1.82) is 0 Å². The molecule has 1 aliphatic carbocycles. The van der Waals surface area contributed by atoms with Crippen LogP contribution in [0.4, 0.5) is 5.69 Å². The zero-order chi connectivity index (χ0) is 11.8. The second kappa shape index (κ2) is 4.06. The quantitative estimate of drug-likeness (QED) is 0.864. The van der Waals surface area contributed by atoms with Gasteiger partial charge in [0.25, 0.3) is 5.91 Å². The first-order valence-electron chi connectivity index (χ1n) is 6.47. The van der Waals surface area contributed by atoms with Crippen molar-refractivity contribution in [3.8, 4) is 0 Å². The molecule has 2 aliphatic rings. The molecule has 0 aromatic heterocycles. The second-order valence-corrected chi connectivity index (χ2v) is 4.87. The van der Waals surface area contributed by atoms with Crippen LogP contribution in [-0.4, -0.2) is 29.9 Å². The first kappa shape index (κ1) is 10.6. The molecule has 1 heterocycles. The Bertz CT molecular complexity index is 452. The molecule has 1 amide bonds. The molecular weight excluding hydrogens is 212 g/mol. The zero-order valence-electron chi connectivity index (χ0n) is 10.2. The first-order chi connectivity index (χ1) is 8.29. The normalized spacial score (nSPS) is 17.5. The summed E-state index contributed by atoms with van der Waals surface area (Å²) in [6.07, 6.45) is 3.38. The molecule has 3 nitrogen and oxygen atoms in total. The molecule has 0 saturated heterocycles. The van der Waals surface area contributed by atoms with Crippen LogP contribution in [0.2, 0.25) is 0 Å². The van der Waals surface area contributed by atoms with Crippen LogP contribution in [0.15, 0.2) is 18.2 Å². The Morgan fingerprint density at radius 1 is 1.47 bits per heavy atom. The smallest absolute Gasteiger partial charge is 0.254 e. The van der Waals surface area contributed by atoms with Crippen LogP contribution in [0, 0.1) is 0 Å². The maximum Gasteiger partial charge on any atom is 0.254 e. The highest BCUT2D eigenvalue weighted by atomic mass is 16.2. The molecule has 1 saturated carbocycles. The van der Waals surface area contributed by atoms with Crippen molar-refractivity contribution in [2.45, 2.75) is 32.2 Å². The van der Waals surface area contributed by atoms with Gasteiger partial charge in [0.2, 0.25) is 0 Å². The SMILES string of the molecule is CCN(C(=O)c1ccc2c(c1)CCN2)C1CC1. The Hall–Kier alpha value is -1.51. The Morgan fingerprint density at radius 2 is 2.29 bits per heavy atom. The van der Waals surface area contributed by atoms with E-state index in [0.717, 1.165) is 25.1 Å². The fourth-order valence-electron chi connectivity index (χ4n) is 2.56. The third-order valence-corrected chi connectivity index (χ3v) is 3.65. The molecule has 1 aromatic carbocycles. The van der Waals surface area contributed by atoms with Gasteiger partial charge in [-0.05, 0) is 49.9 Å². The van der Waals surface area contributed by atoms with Crippen LogP contribution in [0.1, 0.15) is 35.7 Å². The lowest BCUT2D eigenvalue weighted by atomic mass is 10.1. The van der Waals surface area contributed by atoms with Crippen molar-refractivity contribution >= 4 is 11.6 Å². The fourth-order valence-corrected chi connectivity index (χ4v) is 2.56. The molecule has 0 atom stereocenters. The van der Waals surface area contributed by atoms with Crippen LogP contribution in [0.25, 0.3) is 0 Å². The Labute approximate surface area is 102 Å². The number of nitrogens with zero attached hydrogens (tertiary/aromatic N) is 1. The Morgan fingerprint density at radius 3 is 3.00 bits per heavy atom. The van der Waals surface area contributed by atoms with E-state index >= 15 is 0 Å². The third-order valence-electron chi connectivity index (χ3n) is 3.65. The molecule has 1 N–H and O–H groups in total. The monoisotopic (exact) mass is 230 g/mol. The summed E-state index contributed by atoms with van der Waals surface area (Å²) in [7, 11) is 0. The van der Waals surface area contributed by atoms with E-state index in [-0.39, 0.29) is 5.91 Å². The number of carbonyl (C=O) groups is 1. The van der Waals surface area contributed by atoms with Crippen molar-refractivity contribution in [1.82, 2.24) is 4.90 Å². The van der Waals surface area contributed by atoms with Gasteiger partial charge in [-0.1, -0.05) is 0 Å². The van der Waals surface area contributed by atoms with E-state index in [0.29, 0.717) is 6.04 Å². The largest absolute Gasteiger partial charge is 0.384 e. The molecule has 0 unspecified atom stereocenters. The van der Waals surface area contributed by atoms with Gasteiger partial charge in [-0.2, -0.15) is 0 Å². The van der Waals surface area contributed by atoms with Gasteiger partial charge in [-0.3, -0.25) is 4.79 Å². The molecule has 3 rings (SSSR count). The Kier molecular flexibility index (Phi) is 2.54. The second-order valence-electron chi connectivity index (χ2n) is 4.87. The van der Waals surface area contributed by atoms with Gasteiger partial charge in [-0.15, -0.1) is 0 Å². The average molecular weight is 230 g/mol. The van der Waals surface area contributed by atoms with E-state index in [2.05, 4.69) is 18.3 Å². The van der Waals surface area contributed by atoms with Crippen molar-refractivity contribution < 1.29 is 4.79 Å². The summed E-state index contributed by atoms with van der Waals surface area (Å²) in [6.45, 7) is 3.87. The topological polar surface area (TPSA) is 32.3 Å². The third kappa shape index (κ3) is 1.90. The Balaban J connectivity index is 1.85. The maximum absolute atomic E-state index is 12.4. The molecular formula is C14H18N2O. The van der Waals surface area contributed by atoms with Crippen LogP contribution in [0.3, 0.4) is 0 Å². The van der Waals surface area contributed by atoms with Crippen LogP contribution < -0.4 is 5.32 Å². The maximum atomic E-state index is 12.4. The number of hydrogen-bond donors (Lipinski definition) is 1. The van der Waals surface area contributed by atoms with E-state index in [9.17, 15) is 4.79 Å². The minimum atomic E-state index is 0.199. The summed E-state index contributed by atoms with van der Waals surface area (Å²) in [5.41, 5.74) is 3.32. The average Bonchev–Trinajstić information content (AvgIpc) is 3.07. The highest BCUT2D eigenvalue weighted by Crippen LogP contribution is 2.29. The van der Waals surface area contributed by atoms with E-state index in [1.54, 1.807) is 0 Å². The van der Waals surface area contributed by atoms with Gasteiger partial charge in [0.15, 0.2) is 0 Å². The zero-order valence-corrected chi connectivity index (χ0v) is 10.2. The molecule has 17 heavy (non-hydrogen) atoms. The summed E-state index contributed by atoms with van der Waals surface area (Å²) in [4.78, 5) is 14.4. The summed E-state index contributed by atoms with van der Waals surface area (Å²) in [5, 5.41) is 3.32. The fraction of sp³-hybridized carbons (Fsp3) is 0.500. The standard InChI is InChI=1S/C14H18N2O/c1-2-16(12-4-5-12)14(17)11-3-6-13-10(9-11)7-8-15-13/h3,6,9,12,15H,2,4-5,7-8H2,1H3. The van der Waals surface area contributed by atoms with Gasteiger partial charge in [0.1, 0.15) is 0 Å².